The number of esters is 1. The molecule has 124 valence electrons. The third-order valence-corrected chi connectivity index (χ3v) is 4.96. The van der Waals surface area contributed by atoms with Gasteiger partial charge in [-0.3, -0.25) is 14.4 Å². The van der Waals surface area contributed by atoms with Crippen LogP contribution in [0.25, 0.3) is 0 Å². The maximum atomic E-state index is 12.0. The Hall–Kier alpha value is -1.59. The van der Waals surface area contributed by atoms with Gasteiger partial charge in [0, 0.05) is 24.1 Å². The fraction of sp³-hybridized carbons (Fsp3) is 0.438. The molecule has 0 spiro atoms. The Morgan fingerprint density at radius 1 is 1.22 bits per heavy atom. The number of amides is 1. The zero-order chi connectivity index (χ0) is 17.3. The van der Waals surface area contributed by atoms with E-state index in [1.807, 2.05) is 0 Å². The number of carbonyl (C=O) groups is 3. The highest BCUT2D eigenvalue weighted by molar-refractivity contribution is 6.53. The van der Waals surface area contributed by atoms with Crippen LogP contribution in [0.5, 0.6) is 0 Å². The molecule has 0 bridgehead atoms. The number of halogens is 2. The van der Waals surface area contributed by atoms with Gasteiger partial charge in [0.05, 0.1) is 0 Å². The molecule has 5 nitrogen and oxygen atoms in total. The van der Waals surface area contributed by atoms with Gasteiger partial charge >= 0.3 is 5.97 Å². The molecule has 1 amide bonds. The Morgan fingerprint density at radius 2 is 1.78 bits per heavy atom. The van der Waals surface area contributed by atoms with Crippen LogP contribution in [0.15, 0.2) is 24.3 Å². The Balaban J connectivity index is 1.89. The molecule has 0 unspecified atom stereocenters. The number of benzene rings is 1. The Morgan fingerprint density at radius 3 is 2.26 bits per heavy atom. The Bertz CT molecular complexity index is 642. The zero-order valence-corrected chi connectivity index (χ0v) is 14.3. The molecule has 0 aliphatic heterocycles. The quantitative estimate of drug-likeness (QED) is 0.481. The van der Waals surface area contributed by atoms with Crippen LogP contribution in [0.4, 0.5) is 5.69 Å². The van der Waals surface area contributed by atoms with Gasteiger partial charge < -0.3 is 10.1 Å². The standard InChI is InChI=1S/C16H17Cl2NO4/c1-3-13(21)19-11-6-4-10(5-7-11)12(20)8-23-14(22)15(2)9-16(15,17)18/h4-7H,3,8-9H2,1-2H3,(H,19,21)/t15-/m0/s1. The molecule has 1 aromatic carbocycles. The molecule has 1 atom stereocenters. The summed E-state index contributed by atoms with van der Waals surface area (Å²) in [7, 11) is 0. The van der Waals surface area contributed by atoms with Crippen LogP contribution < -0.4 is 5.32 Å². The third-order valence-electron chi connectivity index (χ3n) is 3.85. The average Bonchev–Trinajstić information content (AvgIpc) is 3.04. The highest BCUT2D eigenvalue weighted by Crippen LogP contribution is 2.64. The fourth-order valence-corrected chi connectivity index (χ4v) is 2.67. The highest BCUT2D eigenvalue weighted by atomic mass is 35.5. The van der Waals surface area contributed by atoms with Crippen LogP contribution in [-0.2, 0) is 14.3 Å². The lowest BCUT2D eigenvalue weighted by molar-refractivity contribution is -0.148. The van der Waals surface area contributed by atoms with Crippen molar-refractivity contribution in [3.05, 3.63) is 29.8 Å². The first-order chi connectivity index (χ1) is 10.7. The van der Waals surface area contributed by atoms with E-state index in [-0.39, 0.29) is 18.3 Å². The normalized spacial score (nSPS) is 21.4. The van der Waals surface area contributed by atoms with Gasteiger partial charge in [-0.05, 0) is 31.2 Å². The molecule has 1 aliphatic rings. The van der Waals surface area contributed by atoms with E-state index in [4.69, 9.17) is 27.9 Å². The summed E-state index contributed by atoms with van der Waals surface area (Å²) in [6, 6.07) is 6.36. The second kappa shape index (κ2) is 6.49. The fourth-order valence-electron chi connectivity index (χ4n) is 1.98. The van der Waals surface area contributed by atoms with Gasteiger partial charge in [0.1, 0.15) is 9.75 Å². The summed E-state index contributed by atoms with van der Waals surface area (Å²) in [6.07, 6.45) is 0.681. The number of nitrogens with one attached hydrogen (secondary N) is 1. The van der Waals surface area contributed by atoms with Crippen LogP contribution in [0, 0.1) is 5.41 Å². The SMILES string of the molecule is CCC(=O)Nc1ccc(C(=O)COC(=O)[C@]2(C)CC2(Cl)Cl)cc1. The number of ketones is 1. The van der Waals surface area contributed by atoms with Crippen LogP contribution >= 0.6 is 23.2 Å². The van der Waals surface area contributed by atoms with Crippen molar-refractivity contribution >= 4 is 46.5 Å². The van der Waals surface area contributed by atoms with E-state index in [1.165, 1.54) is 0 Å². The second-order valence-corrected chi connectivity index (χ2v) is 7.18. The summed E-state index contributed by atoms with van der Waals surface area (Å²) >= 11 is 11.8. The topological polar surface area (TPSA) is 72.5 Å². The summed E-state index contributed by atoms with van der Waals surface area (Å²) in [5.41, 5.74) is 0.0335. The molecule has 7 heteroatoms. The van der Waals surface area contributed by atoms with Crippen molar-refractivity contribution < 1.29 is 19.1 Å². The van der Waals surface area contributed by atoms with E-state index < -0.39 is 15.7 Å². The highest BCUT2D eigenvalue weighted by Gasteiger charge is 2.69. The molecule has 0 heterocycles. The van der Waals surface area contributed by atoms with Crippen molar-refractivity contribution in [1.29, 1.82) is 0 Å². The number of hydrogen-bond donors (Lipinski definition) is 1. The lowest BCUT2D eigenvalue weighted by Crippen LogP contribution is -2.24. The van der Waals surface area contributed by atoms with Crippen molar-refractivity contribution in [2.24, 2.45) is 5.41 Å². The zero-order valence-electron chi connectivity index (χ0n) is 12.8. The largest absolute Gasteiger partial charge is 0.457 e. The minimum absolute atomic E-state index is 0.110. The number of anilines is 1. The van der Waals surface area contributed by atoms with Crippen molar-refractivity contribution in [3.63, 3.8) is 0 Å². The number of ether oxygens (including phenoxy) is 1. The van der Waals surface area contributed by atoms with E-state index in [0.29, 0.717) is 24.1 Å². The van der Waals surface area contributed by atoms with Gasteiger partial charge in [0.2, 0.25) is 5.91 Å². The molecule has 0 aromatic heterocycles. The van der Waals surface area contributed by atoms with Crippen molar-refractivity contribution in [3.8, 4) is 0 Å². The Kier molecular flexibility index (Phi) is 5.01. The maximum Gasteiger partial charge on any atom is 0.315 e. The molecule has 1 saturated carbocycles. The number of alkyl halides is 2. The first kappa shape index (κ1) is 17.8. The van der Waals surface area contributed by atoms with E-state index in [9.17, 15) is 14.4 Å². The van der Waals surface area contributed by atoms with Gasteiger partial charge in [-0.1, -0.05) is 6.92 Å². The van der Waals surface area contributed by atoms with E-state index in [0.717, 1.165) is 0 Å². The number of carbonyl (C=O) groups excluding carboxylic acids is 3. The van der Waals surface area contributed by atoms with Crippen LogP contribution in [-0.4, -0.2) is 28.6 Å². The van der Waals surface area contributed by atoms with Gasteiger partial charge in [-0.15, -0.1) is 23.2 Å². The van der Waals surface area contributed by atoms with Crippen LogP contribution in [0.1, 0.15) is 37.0 Å². The van der Waals surface area contributed by atoms with E-state index >= 15 is 0 Å². The average molecular weight is 358 g/mol. The van der Waals surface area contributed by atoms with Gasteiger partial charge in [-0.2, -0.15) is 0 Å². The minimum Gasteiger partial charge on any atom is -0.457 e. The van der Waals surface area contributed by atoms with E-state index in [2.05, 4.69) is 5.32 Å². The minimum atomic E-state index is -1.12. The molecule has 2 rings (SSSR count). The van der Waals surface area contributed by atoms with E-state index in [1.54, 1.807) is 38.1 Å². The first-order valence-electron chi connectivity index (χ1n) is 7.18. The molecule has 0 saturated heterocycles. The monoisotopic (exact) mass is 357 g/mol. The summed E-state index contributed by atoms with van der Waals surface area (Å²) in [5.74, 6) is -1.03. The van der Waals surface area contributed by atoms with Gasteiger partial charge in [-0.25, -0.2) is 0 Å². The lowest BCUT2D eigenvalue weighted by Gasteiger charge is -2.11. The molecule has 1 aromatic rings. The summed E-state index contributed by atoms with van der Waals surface area (Å²) in [4.78, 5) is 35.2. The van der Waals surface area contributed by atoms with Crippen molar-refractivity contribution in [1.82, 2.24) is 0 Å². The predicted molar refractivity (Wildman–Crippen MR) is 87.8 cm³/mol. The first-order valence-corrected chi connectivity index (χ1v) is 7.93. The molecule has 0 radical (unpaired) electrons. The second-order valence-electron chi connectivity index (χ2n) is 5.69. The van der Waals surface area contributed by atoms with Gasteiger partial charge in [0.15, 0.2) is 12.4 Å². The summed E-state index contributed by atoms with van der Waals surface area (Å²) in [6.45, 7) is 2.97. The Labute approximate surface area is 144 Å². The maximum absolute atomic E-state index is 12.0. The van der Waals surface area contributed by atoms with Crippen LogP contribution in [0.3, 0.4) is 0 Å². The summed E-state index contributed by atoms with van der Waals surface area (Å²) in [5, 5.41) is 2.68. The predicted octanol–water partition coefficient (Wildman–Crippen LogP) is 3.34. The van der Waals surface area contributed by atoms with Crippen molar-refractivity contribution in [2.75, 3.05) is 11.9 Å². The number of rotatable bonds is 6. The number of hydrogen-bond acceptors (Lipinski definition) is 4. The van der Waals surface area contributed by atoms with Gasteiger partial charge in [0.25, 0.3) is 0 Å². The molecule has 1 aliphatic carbocycles. The molecule has 23 heavy (non-hydrogen) atoms. The summed E-state index contributed by atoms with van der Waals surface area (Å²) < 4.78 is 3.89. The smallest absolute Gasteiger partial charge is 0.315 e. The van der Waals surface area contributed by atoms with Crippen LogP contribution in [0.2, 0.25) is 0 Å². The number of Topliss-reactive ketones (excluding diaryl/α,β-unsaturated/α-hetero) is 1. The molecular formula is C16H17Cl2NO4. The molecular weight excluding hydrogens is 341 g/mol. The van der Waals surface area contributed by atoms with Crippen molar-refractivity contribution in [2.45, 2.75) is 31.0 Å². The lowest BCUT2D eigenvalue weighted by atomic mass is 10.1. The molecule has 1 N–H and O–H groups in total. The molecule has 1 fully saturated rings. The third kappa shape index (κ3) is 3.85.